The molecular weight excluding hydrogens is 363 g/mol. The van der Waals surface area contributed by atoms with Gasteiger partial charge >= 0.3 is 0 Å². The summed E-state index contributed by atoms with van der Waals surface area (Å²) in [5, 5.41) is 4.86. The molecule has 2 heterocycles. The fourth-order valence-corrected chi connectivity index (χ4v) is 3.30. The first kappa shape index (κ1) is 17.7. The molecule has 25 heavy (non-hydrogen) atoms. The van der Waals surface area contributed by atoms with E-state index in [1.807, 2.05) is 34.5 Å². The summed E-state index contributed by atoms with van der Waals surface area (Å²) in [6, 6.07) is 11.8. The minimum atomic E-state index is -0.559. The minimum Gasteiger partial charge on any atom is -0.468 e. The number of hydrogen-bond acceptors (Lipinski definition) is 4. The maximum absolute atomic E-state index is 13.8. The highest BCUT2D eigenvalue weighted by Gasteiger charge is 2.15. The highest BCUT2D eigenvalue weighted by Crippen LogP contribution is 2.19. The van der Waals surface area contributed by atoms with Crippen molar-refractivity contribution in [2.75, 3.05) is 11.9 Å². The number of benzene rings is 1. The first-order valence-corrected chi connectivity index (χ1v) is 8.88. The van der Waals surface area contributed by atoms with Gasteiger partial charge in [0.2, 0.25) is 5.91 Å². The number of nitrogens with one attached hydrogen (secondary N) is 1. The molecule has 1 N–H and O–H groups in total. The summed E-state index contributed by atoms with van der Waals surface area (Å²) < 4.78 is 19.2. The molecule has 0 radical (unpaired) electrons. The van der Waals surface area contributed by atoms with Crippen molar-refractivity contribution in [3.8, 4) is 0 Å². The van der Waals surface area contributed by atoms with Gasteiger partial charge in [-0.2, -0.15) is 0 Å². The second-order valence-electron chi connectivity index (χ2n) is 5.48. The van der Waals surface area contributed by atoms with E-state index in [4.69, 9.17) is 16.0 Å². The summed E-state index contributed by atoms with van der Waals surface area (Å²) in [5.41, 5.74) is 0.114. The van der Waals surface area contributed by atoms with E-state index in [0.717, 1.165) is 10.6 Å². The van der Waals surface area contributed by atoms with Crippen LogP contribution in [0.2, 0.25) is 5.02 Å². The molecule has 2 aromatic heterocycles. The summed E-state index contributed by atoms with van der Waals surface area (Å²) in [6.07, 6.45) is 1.60. The molecule has 0 fully saturated rings. The maximum Gasteiger partial charge on any atom is 0.238 e. The molecule has 0 atom stereocenters. The molecule has 0 aliphatic heterocycles. The Bertz CT molecular complexity index is 785. The lowest BCUT2D eigenvalue weighted by Crippen LogP contribution is -2.32. The van der Waals surface area contributed by atoms with Crippen molar-refractivity contribution in [3.63, 3.8) is 0 Å². The first-order valence-electron chi connectivity index (χ1n) is 7.62. The number of furan rings is 1. The molecule has 0 spiro atoms. The van der Waals surface area contributed by atoms with Crippen molar-refractivity contribution in [2.45, 2.75) is 13.1 Å². The largest absolute Gasteiger partial charge is 0.468 e. The van der Waals surface area contributed by atoms with E-state index < -0.39 is 5.82 Å². The lowest BCUT2D eigenvalue weighted by atomic mass is 10.3. The van der Waals surface area contributed by atoms with Crippen molar-refractivity contribution in [1.82, 2.24) is 4.90 Å². The smallest absolute Gasteiger partial charge is 0.238 e. The third kappa shape index (κ3) is 5.16. The number of hydrogen-bond donors (Lipinski definition) is 1. The van der Waals surface area contributed by atoms with Gasteiger partial charge in [0.1, 0.15) is 11.6 Å². The van der Waals surface area contributed by atoms with Gasteiger partial charge in [0.05, 0.1) is 25.0 Å². The highest BCUT2D eigenvalue weighted by molar-refractivity contribution is 7.09. The Morgan fingerprint density at radius 2 is 2.12 bits per heavy atom. The van der Waals surface area contributed by atoms with Gasteiger partial charge < -0.3 is 9.73 Å². The topological polar surface area (TPSA) is 45.5 Å². The molecule has 0 saturated carbocycles. The molecule has 0 unspecified atom stereocenters. The van der Waals surface area contributed by atoms with Gasteiger partial charge in [-0.15, -0.1) is 11.3 Å². The Morgan fingerprint density at radius 3 is 2.80 bits per heavy atom. The summed E-state index contributed by atoms with van der Waals surface area (Å²) >= 11 is 7.35. The van der Waals surface area contributed by atoms with Crippen LogP contribution >= 0.6 is 22.9 Å². The molecular formula is C18H16ClFN2O2S. The van der Waals surface area contributed by atoms with Crippen molar-refractivity contribution < 1.29 is 13.6 Å². The van der Waals surface area contributed by atoms with Crippen molar-refractivity contribution in [1.29, 1.82) is 0 Å². The molecule has 4 nitrogen and oxygen atoms in total. The number of carbonyl (C=O) groups is 1. The summed E-state index contributed by atoms with van der Waals surface area (Å²) in [4.78, 5) is 15.4. The van der Waals surface area contributed by atoms with E-state index in [1.54, 1.807) is 17.6 Å². The molecule has 7 heteroatoms. The average Bonchev–Trinajstić information content (AvgIpc) is 3.24. The van der Waals surface area contributed by atoms with E-state index in [1.165, 1.54) is 18.2 Å². The van der Waals surface area contributed by atoms with E-state index >= 15 is 0 Å². The lowest BCUT2D eigenvalue weighted by molar-refractivity contribution is -0.117. The van der Waals surface area contributed by atoms with Gasteiger partial charge in [-0.1, -0.05) is 17.7 Å². The number of nitrogens with zero attached hydrogens (tertiary/aromatic N) is 1. The zero-order chi connectivity index (χ0) is 17.6. The van der Waals surface area contributed by atoms with Crippen molar-refractivity contribution in [2.24, 2.45) is 0 Å². The molecule has 1 aromatic carbocycles. The summed E-state index contributed by atoms with van der Waals surface area (Å²) in [7, 11) is 0. The average molecular weight is 379 g/mol. The molecule has 3 rings (SSSR count). The molecule has 0 saturated heterocycles. The predicted octanol–water partition coefficient (Wildman–Crippen LogP) is 4.77. The number of thiophene rings is 1. The fourth-order valence-electron chi connectivity index (χ4n) is 2.40. The van der Waals surface area contributed by atoms with Crippen LogP contribution in [-0.4, -0.2) is 17.4 Å². The van der Waals surface area contributed by atoms with Crippen LogP contribution in [0.4, 0.5) is 10.1 Å². The quantitative estimate of drug-likeness (QED) is 0.643. The van der Waals surface area contributed by atoms with E-state index in [0.29, 0.717) is 13.1 Å². The fraction of sp³-hybridized carbons (Fsp3) is 0.167. The number of anilines is 1. The monoisotopic (exact) mass is 378 g/mol. The standard InChI is InChI=1S/C18H16ClFN2O2S/c19-13-5-6-17(16(20)9-13)21-18(23)12-22(10-14-3-1-7-24-14)11-15-4-2-8-25-15/h1-9H,10-12H2,(H,21,23). The van der Waals surface area contributed by atoms with Gasteiger partial charge in [0.15, 0.2) is 0 Å². The van der Waals surface area contributed by atoms with E-state index in [2.05, 4.69) is 5.32 Å². The third-order valence-electron chi connectivity index (χ3n) is 3.49. The van der Waals surface area contributed by atoms with Crippen LogP contribution in [0.3, 0.4) is 0 Å². The Hall–Kier alpha value is -2.15. The van der Waals surface area contributed by atoms with Crippen LogP contribution in [0, 0.1) is 5.82 Å². The van der Waals surface area contributed by atoms with Crippen molar-refractivity contribution in [3.05, 3.63) is 75.6 Å². The Kier molecular flexibility index (Phi) is 5.86. The predicted molar refractivity (Wildman–Crippen MR) is 97.2 cm³/mol. The van der Waals surface area contributed by atoms with Gasteiger partial charge in [-0.3, -0.25) is 9.69 Å². The van der Waals surface area contributed by atoms with Crippen LogP contribution in [0.1, 0.15) is 10.6 Å². The summed E-state index contributed by atoms with van der Waals surface area (Å²) in [5.74, 6) is -0.0944. The molecule has 1 amide bonds. The number of amides is 1. The highest BCUT2D eigenvalue weighted by atomic mass is 35.5. The van der Waals surface area contributed by atoms with Gasteiger partial charge in [-0.05, 0) is 41.8 Å². The molecule has 3 aromatic rings. The minimum absolute atomic E-state index is 0.112. The van der Waals surface area contributed by atoms with Crippen LogP contribution < -0.4 is 5.32 Å². The summed E-state index contributed by atoms with van der Waals surface area (Å²) in [6.45, 7) is 1.21. The SMILES string of the molecule is O=C(CN(Cc1ccco1)Cc1cccs1)Nc1ccc(Cl)cc1F. The zero-order valence-corrected chi connectivity index (χ0v) is 14.8. The Labute approximate surface area is 153 Å². The van der Waals surface area contributed by atoms with Crippen LogP contribution in [0.25, 0.3) is 0 Å². The zero-order valence-electron chi connectivity index (χ0n) is 13.2. The normalized spacial score (nSPS) is 11.0. The maximum atomic E-state index is 13.8. The van der Waals surface area contributed by atoms with Gasteiger partial charge in [-0.25, -0.2) is 4.39 Å². The van der Waals surface area contributed by atoms with Crippen LogP contribution in [0.5, 0.6) is 0 Å². The molecule has 0 aliphatic carbocycles. The van der Waals surface area contributed by atoms with Crippen molar-refractivity contribution >= 4 is 34.5 Å². The molecule has 0 aliphatic rings. The third-order valence-corrected chi connectivity index (χ3v) is 4.59. The number of carbonyl (C=O) groups excluding carboxylic acids is 1. The second kappa shape index (κ2) is 8.29. The first-order chi connectivity index (χ1) is 12.1. The molecule has 0 bridgehead atoms. The Balaban J connectivity index is 1.66. The van der Waals surface area contributed by atoms with Gasteiger partial charge in [0, 0.05) is 16.4 Å². The van der Waals surface area contributed by atoms with E-state index in [9.17, 15) is 9.18 Å². The molecule has 130 valence electrons. The van der Waals surface area contributed by atoms with Gasteiger partial charge in [0.25, 0.3) is 0 Å². The van der Waals surface area contributed by atoms with E-state index in [-0.39, 0.29) is 23.2 Å². The number of halogens is 2. The lowest BCUT2D eigenvalue weighted by Gasteiger charge is -2.20. The van der Waals surface area contributed by atoms with Crippen LogP contribution in [-0.2, 0) is 17.9 Å². The second-order valence-corrected chi connectivity index (χ2v) is 6.94. The van der Waals surface area contributed by atoms with Crippen LogP contribution in [0.15, 0.2) is 58.5 Å². The number of rotatable bonds is 7. The Morgan fingerprint density at radius 1 is 1.24 bits per heavy atom.